The molecule has 3 rings (SSSR count). The van der Waals surface area contributed by atoms with Crippen LogP contribution in [0.5, 0.6) is 0 Å². The predicted molar refractivity (Wildman–Crippen MR) is 47.0 cm³/mol. The van der Waals surface area contributed by atoms with Crippen LogP contribution >= 0.6 is 0 Å². The van der Waals surface area contributed by atoms with Crippen LogP contribution in [0.3, 0.4) is 0 Å². The van der Waals surface area contributed by atoms with Gasteiger partial charge in [-0.3, -0.25) is 9.69 Å². The van der Waals surface area contributed by atoms with E-state index in [2.05, 4.69) is 21.9 Å². The number of hydroxylamine groups is 2. The Morgan fingerprint density at radius 1 is 1.11 bits per heavy atom. The summed E-state index contributed by atoms with van der Waals surface area (Å²) >= 11 is 0. The van der Waals surface area contributed by atoms with Crippen LogP contribution in [-0.4, -0.2) is 51.8 Å². The molecular formula is C4H3N3O9S2. The summed E-state index contributed by atoms with van der Waals surface area (Å²) < 4.78 is 59.6. The maximum Gasteiger partial charge on any atom is 0.446 e. The van der Waals surface area contributed by atoms with E-state index in [1.807, 2.05) is 0 Å². The molecule has 0 unspecified atom stereocenters. The van der Waals surface area contributed by atoms with Crippen LogP contribution in [0.4, 0.5) is 0 Å². The molecule has 0 atom stereocenters. The summed E-state index contributed by atoms with van der Waals surface area (Å²) in [6.45, 7) is 0. The zero-order valence-corrected chi connectivity index (χ0v) is 9.97. The van der Waals surface area contributed by atoms with Crippen LogP contribution in [-0.2, 0) is 42.5 Å². The molecule has 0 aliphatic carbocycles. The highest BCUT2D eigenvalue weighted by Crippen LogP contribution is 2.39. The lowest BCUT2D eigenvalue weighted by Gasteiger charge is -2.40. The Bertz CT molecular complexity index is 653. The first-order valence-corrected chi connectivity index (χ1v) is 6.79. The molecule has 14 heteroatoms. The molecule has 0 radical (unpaired) electrons. The van der Waals surface area contributed by atoms with Crippen molar-refractivity contribution >= 4 is 32.7 Å². The quantitative estimate of drug-likeness (QED) is 0.457. The number of aliphatic imine (C=N–C) groups is 1. The van der Waals surface area contributed by atoms with Crippen LogP contribution in [0.25, 0.3) is 0 Å². The number of nitrogens with zero attached hydrogens (tertiary/aromatic N) is 3. The molecule has 2 saturated heterocycles. The molecule has 0 saturated carbocycles. The highest BCUT2D eigenvalue weighted by Gasteiger charge is 2.68. The second-order valence-corrected chi connectivity index (χ2v) is 5.51. The zero-order chi connectivity index (χ0) is 13.3. The number of likely N-dealkylation sites (N-methyl/N-ethyl adjacent to an activating group) is 1. The third-order valence-corrected chi connectivity index (χ3v) is 3.62. The second kappa shape index (κ2) is 2.98. The Morgan fingerprint density at radius 2 is 1.67 bits per heavy atom. The van der Waals surface area contributed by atoms with E-state index in [4.69, 9.17) is 0 Å². The average molecular weight is 301 g/mol. The van der Waals surface area contributed by atoms with Gasteiger partial charge in [0.1, 0.15) is 0 Å². The van der Waals surface area contributed by atoms with Crippen molar-refractivity contribution in [1.29, 1.82) is 0 Å². The lowest BCUT2D eigenvalue weighted by Crippen LogP contribution is -2.65. The van der Waals surface area contributed by atoms with Crippen molar-refractivity contribution in [3.05, 3.63) is 0 Å². The maximum atomic E-state index is 11.5. The molecule has 18 heavy (non-hydrogen) atoms. The summed E-state index contributed by atoms with van der Waals surface area (Å²) in [7, 11) is -7.24. The Kier molecular flexibility index (Phi) is 1.94. The molecule has 100 valence electrons. The molecule has 0 aromatic heterocycles. The summed E-state index contributed by atoms with van der Waals surface area (Å²) in [4.78, 5) is 15.6. The first-order chi connectivity index (χ1) is 8.15. The van der Waals surface area contributed by atoms with Gasteiger partial charge >= 0.3 is 32.6 Å². The largest absolute Gasteiger partial charge is 0.446 e. The Labute approximate surface area is 99.8 Å². The van der Waals surface area contributed by atoms with E-state index < -0.39 is 38.6 Å². The molecule has 0 N–H and O–H groups in total. The number of guanidine groups is 1. The van der Waals surface area contributed by atoms with E-state index in [-0.39, 0.29) is 0 Å². The molecule has 3 aliphatic rings. The first kappa shape index (κ1) is 11.8. The van der Waals surface area contributed by atoms with Crippen LogP contribution in [0, 0.1) is 0 Å². The van der Waals surface area contributed by atoms with E-state index >= 15 is 0 Å². The molecule has 1 spiro atoms. The third kappa shape index (κ3) is 1.38. The highest BCUT2D eigenvalue weighted by atomic mass is 32.3. The SMILES string of the molecule is CN1C(N2OS(=O)(=O)O2)=NC(=O)C12OS(=O)(=O)O2. The summed E-state index contributed by atoms with van der Waals surface area (Å²) in [6.07, 6.45) is 0. The highest BCUT2D eigenvalue weighted by molar-refractivity contribution is 7.83. The fourth-order valence-electron chi connectivity index (χ4n) is 1.38. The molecule has 0 bridgehead atoms. The Balaban J connectivity index is 1.85. The van der Waals surface area contributed by atoms with Gasteiger partial charge in [-0.25, -0.2) is 0 Å². The van der Waals surface area contributed by atoms with Crippen molar-refractivity contribution in [2.24, 2.45) is 4.99 Å². The minimum atomic E-state index is -4.25. The normalized spacial score (nSPS) is 30.9. The van der Waals surface area contributed by atoms with Crippen molar-refractivity contribution in [2.45, 2.75) is 5.91 Å². The second-order valence-electron chi connectivity index (χ2n) is 3.25. The van der Waals surface area contributed by atoms with E-state index in [1.165, 1.54) is 0 Å². The number of hydrogen-bond acceptors (Lipinski definition) is 11. The molecule has 1 amide bonds. The third-order valence-electron chi connectivity index (χ3n) is 2.12. The Hall–Kier alpha value is -1.32. The van der Waals surface area contributed by atoms with Gasteiger partial charge in [0.05, 0.1) is 0 Å². The van der Waals surface area contributed by atoms with Crippen molar-refractivity contribution in [1.82, 2.24) is 10.1 Å². The molecule has 0 aromatic rings. The fraction of sp³-hybridized carbons (Fsp3) is 0.500. The number of carbonyl (C=O) groups is 1. The van der Waals surface area contributed by atoms with Crippen molar-refractivity contribution in [3.63, 3.8) is 0 Å². The minimum absolute atomic E-state index is 0.291. The van der Waals surface area contributed by atoms with Crippen LogP contribution < -0.4 is 0 Å². The van der Waals surface area contributed by atoms with E-state index in [1.54, 1.807) is 0 Å². The van der Waals surface area contributed by atoms with Gasteiger partial charge in [0.2, 0.25) is 0 Å². The standard InChI is InChI=1S/C4H3N3O9S2/c1-6-3(7-15-18(11,12)16-7)5-2(8)4(6)13-17(9,10)14-4/h1H3. The number of rotatable bonds is 0. The summed E-state index contributed by atoms with van der Waals surface area (Å²) in [6, 6.07) is 0. The molecule has 3 aliphatic heterocycles. The van der Waals surface area contributed by atoms with Gasteiger partial charge < -0.3 is 0 Å². The topological polar surface area (TPSA) is 141 Å². The fourth-order valence-corrected chi connectivity index (χ4v) is 2.79. The molecule has 2 fully saturated rings. The number of amides is 1. The minimum Gasteiger partial charge on any atom is -0.280 e. The lowest BCUT2D eigenvalue weighted by molar-refractivity contribution is -0.287. The zero-order valence-electron chi connectivity index (χ0n) is 8.33. The van der Waals surface area contributed by atoms with Gasteiger partial charge in [-0.15, -0.1) is 0 Å². The van der Waals surface area contributed by atoms with Gasteiger partial charge in [-0.2, -0.15) is 30.2 Å². The molecule has 3 heterocycles. The van der Waals surface area contributed by atoms with E-state index in [0.717, 1.165) is 11.9 Å². The number of carbonyl (C=O) groups excluding carboxylic acids is 1. The van der Waals surface area contributed by atoms with E-state index in [9.17, 15) is 21.6 Å². The molecule has 12 nitrogen and oxygen atoms in total. The predicted octanol–water partition coefficient (Wildman–Crippen LogP) is -2.82. The van der Waals surface area contributed by atoms with Gasteiger partial charge in [0.15, 0.2) is 0 Å². The molecule has 0 aromatic carbocycles. The lowest BCUT2D eigenvalue weighted by atomic mass is 10.4. The molecular weight excluding hydrogens is 298 g/mol. The first-order valence-electron chi connectivity index (χ1n) is 4.13. The van der Waals surface area contributed by atoms with Crippen molar-refractivity contribution in [2.75, 3.05) is 7.05 Å². The Morgan fingerprint density at radius 3 is 2.11 bits per heavy atom. The maximum absolute atomic E-state index is 11.5. The number of hydrogen-bond donors (Lipinski definition) is 0. The van der Waals surface area contributed by atoms with Gasteiger partial charge in [-0.1, -0.05) is 13.8 Å². The van der Waals surface area contributed by atoms with Gasteiger partial charge in [0.25, 0.3) is 5.96 Å². The van der Waals surface area contributed by atoms with Crippen LogP contribution in [0.2, 0.25) is 0 Å². The van der Waals surface area contributed by atoms with Crippen molar-refractivity contribution in [3.8, 4) is 0 Å². The van der Waals surface area contributed by atoms with Crippen molar-refractivity contribution < 1.29 is 38.6 Å². The summed E-state index contributed by atoms with van der Waals surface area (Å²) in [5.74, 6) is -3.81. The van der Waals surface area contributed by atoms with Gasteiger partial charge in [0, 0.05) is 7.05 Å². The van der Waals surface area contributed by atoms with Gasteiger partial charge in [-0.05, 0) is 0 Å². The van der Waals surface area contributed by atoms with Crippen LogP contribution in [0.15, 0.2) is 4.99 Å². The smallest absolute Gasteiger partial charge is 0.280 e. The monoisotopic (exact) mass is 301 g/mol. The summed E-state index contributed by atoms with van der Waals surface area (Å²) in [5, 5.41) is 0.291. The van der Waals surface area contributed by atoms with Crippen LogP contribution in [0.1, 0.15) is 0 Å². The van der Waals surface area contributed by atoms with E-state index in [0.29, 0.717) is 5.23 Å². The average Bonchev–Trinajstić information content (AvgIpc) is 2.38. The summed E-state index contributed by atoms with van der Waals surface area (Å²) in [5.41, 5.74) is 0.